The lowest BCUT2D eigenvalue weighted by Gasteiger charge is -2.25. The highest BCUT2D eigenvalue weighted by Crippen LogP contribution is 2.19. The molecule has 0 bridgehead atoms. The molecule has 0 fully saturated rings. The Labute approximate surface area is 241 Å². The van der Waals surface area contributed by atoms with Crippen LogP contribution in [0.25, 0.3) is 0 Å². The topological polar surface area (TPSA) is 120 Å². The molecule has 0 aliphatic carbocycles. The summed E-state index contributed by atoms with van der Waals surface area (Å²) in [4.78, 5) is 17.0. The van der Waals surface area contributed by atoms with E-state index in [0.717, 1.165) is 41.5 Å². The van der Waals surface area contributed by atoms with Gasteiger partial charge in [-0.05, 0) is 59.9 Å². The number of amides is 1. The fourth-order valence-corrected chi connectivity index (χ4v) is 6.13. The Morgan fingerprint density at radius 1 is 1.00 bits per heavy atom. The van der Waals surface area contributed by atoms with Crippen LogP contribution in [-0.4, -0.2) is 43.1 Å². The number of halogens is 2. The molecular weight excluding hydrogens is 570 g/mol. The Bertz CT molecular complexity index is 1560. The molecule has 4 rings (SSSR count). The van der Waals surface area contributed by atoms with Crippen molar-refractivity contribution in [3.8, 4) is 0 Å². The van der Waals surface area contributed by atoms with Gasteiger partial charge in [-0.15, -0.1) is 11.3 Å². The Morgan fingerprint density at radius 3 is 2.44 bits per heavy atom. The molecule has 0 spiro atoms. The number of aliphatic hydroxyl groups excluding tert-OH is 1. The number of nitrogens with one attached hydrogen (secondary N) is 3. The van der Waals surface area contributed by atoms with Crippen LogP contribution in [-0.2, 0) is 29.4 Å². The minimum Gasteiger partial charge on any atom is -0.390 e. The fraction of sp³-hybridized carbons (Fsp3) is 0.241. The van der Waals surface area contributed by atoms with Crippen molar-refractivity contribution in [3.05, 3.63) is 112 Å². The van der Waals surface area contributed by atoms with E-state index >= 15 is 0 Å². The third-order valence-electron chi connectivity index (χ3n) is 6.26. The molecule has 0 aliphatic heterocycles. The first-order valence-corrected chi connectivity index (χ1v) is 15.2. The van der Waals surface area contributed by atoms with E-state index in [9.17, 15) is 27.1 Å². The highest BCUT2D eigenvalue weighted by molar-refractivity contribution is 7.94. The number of sulfonamides is 1. The molecule has 1 amide bonds. The van der Waals surface area contributed by atoms with Crippen molar-refractivity contribution in [1.82, 2.24) is 15.6 Å². The number of hydrogen-bond donors (Lipinski definition) is 4. The van der Waals surface area contributed by atoms with Gasteiger partial charge in [-0.2, -0.15) is 8.42 Å². The summed E-state index contributed by atoms with van der Waals surface area (Å²) < 4.78 is 55.1. The normalized spacial score (nSPS) is 13.0. The van der Waals surface area contributed by atoms with E-state index in [4.69, 9.17) is 0 Å². The predicted molar refractivity (Wildman–Crippen MR) is 154 cm³/mol. The van der Waals surface area contributed by atoms with Gasteiger partial charge in [0.2, 0.25) is 4.34 Å². The molecular formula is C29H30F2N4O4S2. The van der Waals surface area contributed by atoms with Crippen molar-refractivity contribution in [2.45, 2.75) is 42.8 Å². The summed E-state index contributed by atoms with van der Waals surface area (Å²) in [5, 5.41) is 18.5. The van der Waals surface area contributed by atoms with Crippen molar-refractivity contribution >= 4 is 33.0 Å². The molecule has 4 N–H and O–H groups in total. The predicted octanol–water partition coefficient (Wildman–Crippen LogP) is 4.28. The number of carbonyl (C=O) groups is 1. The van der Waals surface area contributed by atoms with Crippen LogP contribution in [0.5, 0.6) is 0 Å². The Morgan fingerprint density at radius 2 is 1.73 bits per heavy atom. The third-order valence-corrected chi connectivity index (χ3v) is 8.84. The van der Waals surface area contributed by atoms with Crippen LogP contribution in [0, 0.1) is 11.6 Å². The number of aromatic nitrogens is 1. The number of anilines is 1. The lowest BCUT2D eigenvalue weighted by atomic mass is 10.00. The summed E-state index contributed by atoms with van der Waals surface area (Å²) in [5.74, 6) is -2.14. The van der Waals surface area contributed by atoms with Crippen molar-refractivity contribution in [3.63, 3.8) is 0 Å². The van der Waals surface area contributed by atoms with Gasteiger partial charge >= 0.3 is 0 Å². The number of thiazole rings is 1. The summed E-state index contributed by atoms with van der Waals surface area (Å²) in [6, 6.07) is 16.0. The molecule has 3 aromatic carbocycles. The zero-order valence-corrected chi connectivity index (χ0v) is 23.8. The average Bonchev–Trinajstić information content (AvgIpc) is 3.49. The van der Waals surface area contributed by atoms with Gasteiger partial charge in [-0.3, -0.25) is 9.52 Å². The SMILES string of the molecule is CCc1cccc(CNC[C@H](O)[C@H](Cc2cc(F)cc(F)c2)NC(=O)c2cccc(NS(=O)(=O)c3nccs3)c2)c1. The standard InChI is InChI=1S/C29H30F2N4O4S2/c1-2-19-5-3-6-20(11-19)17-32-18-27(36)26(14-21-12-23(30)16-24(31)13-21)34-28(37)22-7-4-8-25(15-22)35-41(38,39)29-33-9-10-40-29/h3-13,15-16,26-27,32,35-36H,2,14,17-18H2,1H3,(H,34,37)/t26-,27-/m0/s1. The molecule has 0 saturated heterocycles. The third kappa shape index (κ3) is 8.64. The van der Waals surface area contributed by atoms with Gasteiger partial charge in [0.15, 0.2) is 0 Å². The summed E-state index contributed by atoms with van der Waals surface area (Å²) >= 11 is 0.953. The Balaban J connectivity index is 1.48. The van der Waals surface area contributed by atoms with E-state index < -0.39 is 39.7 Å². The van der Waals surface area contributed by atoms with E-state index in [1.165, 1.54) is 41.4 Å². The second-order valence-corrected chi connectivity index (χ2v) is 12.2. The largest absolute Gasteiger partial charge is 0.390 e. The number of hydrogen-bond acceptors (Lipinski definition) is 7. The van der Waals surface area contributed by atoms with Gasteiger partial charge in [-0.1, -0.05) is 37.3 Å². The second-order valence-electron chi connectivity index (χ2n) is 9.42. The van der Waals surface area contributed by atoms with E-state index in [0.29, 0.717) is 6.54 Å². The molecule has 0 aliphatic rings. The van der Waals surface area contributed by atoms with Gasteiger partial charge in [0, 0.05) is 42.0 Å². The van der Waals surface area contributed by atoms with Crippen LogP contribution in [0.2, 0.25) is 0 Å². The van der Waals surface area contributed by atoms with Crippen LogP contribution in [0.3, 0.4) is 0 Å². The molecule has 0 unspecified atom stereocenters. The van der Waals surface area contributed by atoms with Crippen LogP contribution < -0.4 is 15.4 Å². The maximum Gasteiger partial charge on any atom is 0.289 e. The maximum absolute atomic E-state index is 13.9. The zero-order valence-electron chi connectivity index (χ0n) is 22.2. The van der Waals surface area contributed by atoms with Gasteiger partial charge in [0.05, 0.1) is 12.1 Å². The fourth-order valence-electron chi connectivity index (χ4n) is 4.25. The summed E-state index contributed by atoms with van der Waals surface area (Å²) in [5.41, 5.74) is 2.73. The maximum atomic E-state index is 13.9. The highest BCUT2D eigenvalue weighted by Gasteiger charge is 2.24. The molecule has 8 nitrogen and oxygen atoms in total. The van der Waals surface area contributed by atoms with Crippen LogP contribution in [0.4, 0.5) is 14.5 Å². The van der Waals surface area contributed by atoms with Crippen molar-refractivity contribution in [1.29, 1.82) is 0 Å². The first kappa shape index (κ1) is 30.3. The Hall–Kier alpha value is -3.71. The molecule has 12 heteroatoms. The van der Waals surface area contributed by atoms with Crippen LogP contribution in [0.1, 0.15) is 34.0 Å². The lowest BCUT2D eigenvalue weighted by molar-refractivity contribution is 0.0830. The number of nitrogens with zero attached hydrogens (tertiary/aromatic N) is 1. The Kier molecular flexibility index (Phi) is 10.2. The minimum absolute atomic E-state index is 0.0506. The number of aryl methyl sites for hydroxylation is 1. The van der Waals surface area contributed by atoms with Gasteiger partial charge < -0.3 is 15.7 Å². The minimum atomic E-state index is -3.93. The molecule has 2 atom stereocenters. The van der Waals surface area contributed by atoms with Crippen molar-refractivity contribution in [2.24, 2.45) is 0 Å². The van der Waals surface area contributed by atoms with E-state index in [2.05, 4.69) is 33.3 Å². The summed E-state index contributed by atoms with van der Waals surface area (Å²) in [6.45, 7) is 2.62. The molecule has 0 radical (unpaired) electrons. The number of rotatable bonds is 13. The van der Waals surface area contributed by atoms with Crippen LogP contribution in [0.15, 0.2) is 82.6 Å². The highest BCUT2D eigenvalue weighted by atomic mass is 32.2. The monoisotopic (exact) mass is 600 g/mol. The molecule has 4 aromatic rings. The van der Waals surface area contributed by atoms with Crippen molar-refractivity contribution in [2.75, 3.05) is 11.3 Å². The number of carbonyl (C=O) groups excluding carboxylic acids is 1. The molecule has 1 heterocycles. The smallest absolute Gasteiger partial charge is 0.289 e. The second kappa shape index (κ2) is 13.8. The zero-order chi connectivity index (χ0) is 29.4. The van der Waals surface area contributed by atoms with E-state index in [1.807, 2.05) is 18.2 Å². The van der Waals surface area contributed by atoms with Gasteiger partial charge in [-0.25, -0.2) is 13.8 Å². The number of benzene rings is 3. The first-order valence-electron chi connectivity index (χ1n) is 12.9. The molecule has 0 saturated carbocycles. The van der Waals surface area contributed by atoms with Crippen molar-refractivity contribution < 1.29 is 27.1 Å². The molecule has 41 heavy (non-hydrogen) atoms. The average molecular weight is 601 g/mol. The number of aliphatic hydroxyl groups is 1. The van der Waals surface area contributed by atoms with E-state index in [-0.39, 0.29) is 34.1 Å². The lowest BCUT2D eigenvalue weighted by Crippen LogP contribution is -2.48. The quantitative estimate of drug-likeness (QED) is 0.182. The summed E-state index contributed by atoms with van der Waals surface area (Å²) in [7, 11) is -3.93. The van der Waals surface area contributed by atoms with E-state index in [1.54, 1.807) is 0 Å². The van der Waals surface area contributed by atoms with Gasteiger partial charge in [0.25, 0.3) is 15.9 Å². The first-order chi connectivity index (χ1) is 19.6. The molecule has 216 valence electrons. The van der Waals surface area contributed by atoms with Crippen LogP contribution >= 0.6 is 11.3 Å². The molecule has 1 aromatic heterocycles. The summed E-state index contributed by atoms with van der Waals surface area (Å²) in [6.07, 6.45) is 1.09. The van der Waals surface area contributed by atoms with Gasteiger partial charge in [0.1, 0.15) is 11.6 Å².